The molecule has 0 heterocycles. The van der Waals surface area contributed by atoms with Gasteiger partial charge in [0.05, 0.1) is 0 Å². The Morgan fingerprint density at radius 2 is 2.25 bits per heavy atom. The molecule has 0 aliphatic heterocycles. The van der Waals surface area contributed by atoms with Gasteiger partial charge in [0, 0.05) is 0 Å². The van der Waals surface area contributed by atoms with Crippen molar-refractivity contribution >= 4 is 4.23 Å². The van der Waals surface area contributed by atoms with Crippen molar-refractivity contribution in [2.75, 3.05) is 6.61 Å². The summed E-state index contributed by atoms with van der Waals surface area (Å²) in [6.45, 7) is 0.170. The van der Waals surface area contributed by atoms with Gasteiger partial charge >= 0.3 is 36.5 Å². The fraction of sp³-hybridized carbons (Fsp3) is 0.500. The van der Waals surface area contributed by atoms with Gasteiger partial charge in [0.25, 0.3) is 0 Å². The predicted molar refractivity (Wildman–Crippen MR) is 13.1 cm³/mol. The summed E-state index contributed by atoms with van der Waals surface area (Å²) in [5, 5.41) is 7.81. The molecule has 1 N–H and O–H groups in total. The SMILES string of the molecule is OC[CH]=[Au]. The molecular weight excluding hydrogens is 237 g/mol. The zero-order valence-corrected chi connectivity index (χ0v) is 4.20. The molecule has 0 saturated carbocycles. The van der Waals surface area contributed by atoms with Gasteiger partial charge in [-0.25, -0.2) is 0 Å². The second-order valence-electron chi connectivity index (χ2n) is 0.306. The van der Waals surface area contributed by atoms with Crippen LogP contribution in [0.3, 0.4) is 0 Å². The first-order valence-corrected chi connectivity index (χ1v) is 2.15. The minimum absolute atomic E-state index is 0.170. The van der Waals surface area contributed by atoms with E-state index in [1.165, 1.54) is 0 Å². The molecule has 4 heavy (non-hydrogen) atoms. The molecule has 0 aromatic carbocycles. The molecule has 0 amide bonds. The van der Waals surface area contributed by atoms with E-state index in [0.717, 1.165) is 0 Å². The average molecular weight is 241 g/mol. The van der Waals surface area contributed by atoms with Crippen molar-refractivity contribution < 1.29 is 25.7 Å². The number of hydrogen-bond donors (Lipinski definition) is 1. The third-order valence-corrected chi connectivity index (χ3v) is 0.451. The van der Waals surface area contributed by atoms with Crippen molar-refractivity contribution in [2.24, 2.45) is 0 Å². The topological polar surface area (TPSA) is 20.2 Å². The quantitative estimate of drug-likeness (QED) is 0.603. The first kappa shape index (κ1) is 4.57. The molecule has 0 atom stereocenters. The van der Waals surface area contributed by atoms with E-state index in [9.17, 15) is 0 Å². The molecule has 0 rings (SSSR count). The van der Waals surface area contributed by atoms with Crippen LogP contribution in [0.5, 0.6) is 0 Å². The Morgan fingerprint density at radius 3 is 2.25 bits per heavy atom. The molecule has 0 bridgehead atoms. The van der Waals surface area contributed by atoms with Crippen LogP contribution < -0.4 is 0 Å². The van der Waals surface area contributed by atoms with E-state index in [2.05, 4.69) is 20.6 Å². The van der Waals surface area contributed by atoms with Crippen molar-refractivity contribution in [2.45, 2.75) is 0 Å². The van der Waals surface area contributed by atoms with E-state index in [4.69, 9.17) is 5.11 Å². The summed E-state index contributed by atoms with van der Waals surface area (Å²) in [7, 11) is 0. The van der Waals surface area contributed by atoms with Crippen LogP contribution in [0.4, 0.5) is 0 Å². The second-order valence-corrected chi connectivity index (χ2v) is 1.19. The number of aliphatic hydroxyl groups is 1. The molecule has 0 spiro atoms. The molecule has 0 radical (unpaired) electrons. The summed E-state index contributed by atoms with van der Waals surface area (Å²) < 4.78 is 1.62. The summed E-state index contributed by atoms with van der Waals surface area (Å²) in [6, 6.07) is 0. The monoisotopic (exact) mass is 241 g/mol. The summed E-state index contributed by atoms with van der Waals surface area (Å²) in [5.74, 6) is 0. The van der Waals surface area contributed by atoms with Crippen molar-refractivity contribution in [3.63, 3.8) is 0 Å². The second kappa shape index (κ2) is 3.57. The molecule has 1 nitrogen and oxygen atoms in total. The Morgan fingerprint density at radius 1 is 2.00 bits per heavy atom. The molecule has 0 aromatic heterocycles. The summed E-state index contributed by atoms with van der Waals surface area (Å²) in [6.07, 6.45) is 0. The molecule has 0 saturated heterocycles. The van der Waals surface area contributed by atoms with Crippen LogP contribution in [0.1, 0.15) is 0 Å². The normalized spacial score (nSPS) is 6.75. The molecule has 0 unspecified atom stereocenters. The zero-order chi connectivity index (χ0) is 3.41. The van der Waals surface area contributed by atoms with Crippen LogP contribution in [0.2, 0.25) is 0 Å². The van der Waals surface area contributed by atoms with E-state index in [0.29, 0.717) is 0 Å². The Kier molecular flexibility index (Phi) is 4.08. The number of rotatable bonds is 1. The van der Waals surface area contributed by atoms with Crippen LogP contribution in [-0.2, 0) is 20.6 Å². The fourth-order valence-corrected chi connectivity index (χ4v) is 0. The van der Waals surface area contributed by atoms with Crippen molar-refractivity contribution in [1.82, 2.24) is 0 Å². The first-order valence-electron chi connectivity index (χ1n) is 0.899. The predicted octanol–water partition coefficient (Wildman–Crippen LogP) is -0.672. The Labute approximate surface area is 37.1 Å². The van der Waals surface area contributed by atoms with Crippen LogP contribution in [0.25, 0.3) is 0 Å². The van der Waals surface area contributed by atoms with E-state index < -0.39 is 0 Å². The van der Waals surface area contributed by atoms with Gasteiger partial charge in [-0.05, 0) is 0 Å². The minimum atomic E-state index is 0.170. The number of aliphatic hydroxyl groups excluding tert-OH is 1. The van der Waals surface area contributed by atoms with Crippen LogP contribution >= 0.6 is 0 Å². The van der Waals surface area contributed by atoms with Crippen LogP contribution in [0, 0.1) is 0 Å². The molecule has 29 valence electrons. The van der Waals surface area contributed by atoms with Gasteiger partial charge in [0.1, 0.15) is 0 Å². The van der Waals surface area contributed by atoms with Gasteiger partial charge in [-0.15, -0.1) is 0 Å². The van der Waals surface area contributed by atoms with Gasteiger partial charge in [-0.3, -0.25) is 0 Å². The Bertz CT molecular complexity index is 20.0. The zero-order valence-electron chi connectivity index (χ0n) is 2.03. The van der Waals surface area contributed by atoms with E-state index >= 15 is 0 Å². The van der Waals surface area contributed by atoms with Crippen molar-refractivity contribution in [1.29, 1.82) is 0 Å². The van der Waals surface area contributed by atoms with Crippen molar-refractivity contribution in [3.8, 4) is 0 Å². The molecule has 0 aliphatic carbocycles. The molecular formula is C2H4AuO. The van der Waals surface area contributed by atoms with E-state index in [1.807, 2.05) is 0 Å². The summed E-state index contributed by atoms with van der Waals surface area (Å²) >= 11 is 2.12. The molecule has 0 aliphatic rings. The van der Waals surface area contributed by atoms with Crippen LogP contribution in [0.15, 0.2) is 0 Å². The fourth-order valence-electron chi connectivity index (χ4n) is 0. The maximum absolute atomic E-state index is 7.81. The van der Waals surface area contributed by atoms with Crippen molar-refractivity contribution in [3.05, 3.63) is 0 Å². The van der Waals surface area contributed by atoms with Gasteiger partial charge in [0.15, 0.2) is 0 Å². The van der Waals surface area contributed by atoms with Gasteiger partial charge in [-0.2, -0.15) is 0 Å². The Hall–Kier alpha value is 0.570. The maximum atomic E-state index is 7.81. The summed E-state index contributed by atoms with van der Waals surface area (Å²) in [5.41, 5.74) is 0. The first-order chi connectivity index (χ1) is 1.91. The summed E-state index contributed by atoms with van der Waals surface area (Å²) in [4.78, 5) is 0. The standard InChI is InChI=1S/C2H4O.Au/c1-2-3;/h1,3H,2H2;. The van der Waals surface area contributed by atoms with E-state index in [-0.39, 0.29) is 6.61 Å². The average Bonchev–Trinajstić information content (AvgIpc) is 1.37. The van der Waals surface area contributed by atoms with Crippen LogP contribution in [-0.4, -0.2) is 15.9 Å². The third kappa shape index (κ3) is 2.57. The molecule has 0 fully saturated rings. The van der Waals surface area contributed by atoms with Gasteiger partial charge < -0.3 is 0 Å². The molecule has 0 aromatic rings. The number of hydrogen-bond acceptors (Lipinski definition) is 1. The molecule has 2 heteroatoms. The van der Waals surface area contributed by atoms with Gasteiger partial charge in [-0.1, -0.05) is 0 Å². The van der Waals surface area contributed by atoms with Gasteiger partial charge in [0.2, 0.25) is 0 Å². The third-order valence-electron chi connectivity index (χ3n) is 0.0550. The van der Waals surface area contributed by atoms with E-state index in [1.54, 1.807) is 4.23 Å². The Balaban J connectivity index is 2.30.